The van der Waals surface area contributed by atoms with Crippen LogP contribution in [0.3, 0.4) is 0 Å². The number of amides is 2. The number of hydrazone groups is 1. The van der Waals surface area contributed by atoms with E-state index in [2.05, 4.69) is 31.8 Å². The fourth-order valence-corrected chi connectivity index (χ4v) is 2.00. The molecule has 8 heteroatoms. The van der Waals surface area contributed by atoms with Gasteiger partial charge in [0.25, 0.3) is 0 Å². The summed E-state index contributed by atoms with van der Waals surface area (Å²) < 4.78 is 5.72. The summed E-state index contributed by atoms with van der Waals surface area (Å²) in [5, 5.41) is 16.1. The molecular formula is C15H20BrN3O4. The maximum Gasteiger partial charge on any atom is 0.329 e. The van der Waals surface area contributed by atoms with E-state index < -0.39 is 11.8 Å². The van der Waals surface area contributed by atoms with Gasteiger partial charge < -0.3 is 15.2 Å². The number of hydrogen-bond donors (Lipinski definition) is 3. The van der Waals surface area contributed by atoms with Gasteiger partial charge in [0, 0.05) is 6.04 Å². The van der Waals surface area contributed by atoms with Gasteiger partial charge in [-0.3, -0.25) is 9.59 Å². The van der Waals surface area contributed by atoms with E-state index in [-0.39, 0.29) is 11.8 Å². The summed E-state index contributed by atoms with van der Waals surface area (Å²) in [6, 6.07) is 3.09. The number of nitrogens with one attached hydrogen (secondary N) is 2. The highest BCUT2D eigenvalue weighted by Crippen LogP contribution is 2.34. The Hall–Kier alpha value is -2.09. The van der Waals surface area contributed by atoms with Crippen molar-refractivity contribution in [2.75, 3.05) is 6.61 Å². The Morgan fingerprint density at radius 2 is 2.09 bits per heavy atom. The van der Waals surface area contributed by atoms with Crippen LogP contribution in [-0.4, -0.2) is 35.8 Å². The summed E-state index contributed by atoms with van der Waals surface area (Å²) in [7, 11) is 0. The molecule has 0 bridgehead atoms. The van der Waals surface area contributed by atoms with Crippen LogP contribution in [0.1, 0.15) is 32.8 Å². The van der Waals surface area contributed by atoms with Crippen LogP contribution in [0.5, 0.6) is 11.5 Å². The lowest BCUT2D eigenvalue weighted by Crippen LogP contribution is -2.41. The molecule has 0 unspecified atom stereocenters. The van der Waals surface area contributed by atoms with Crippen molar-refractivity contribution in [3.05, 3.63) is 22.2 Å². The van der Waals surface area contributed by atoms with Crippen LogP contribution in [0.25, 0.3) is 0 Å². The lowest BCUT2D eigenvalue weighted by Gasteiger charge is -2.10. The Morgan fingerprint density at radius 3 is 2.70 bits per heavy atom. The lowest BCUT2D eigenvalue weighted by atomic mass is 10.2. The molecule has 0 aliphatic carbocycles. The summed E-state index contributed by atoms with van der Waals surface area (Å²) in [5.41, 5.74) is 2.73. The number of ether oxygens (including phenoxy) is 1. The molecule has 126 valence electrons. The monoisotopic (exact) mass is 385 g/mol. The minimum Gasteiger partial charge on any atom is -0.503 e. The van der Waals surface area contributed by atoms with Crippen LogP contribution < -0.4 is 15.5 Å². The fraction of sp³-hybridized carbons (Fsp3) is 0.400. The van der Waals surface area contributed by atoms with Gasteiger partial charge in [-0.15, -0.1) is 0 Å². The Kier molecular flexibility index (Phi) is 7.53. The summed E-state index contributed by atoms with van der Waals surface area (Å²) in [6.45, 7) is 5.90. The Bertz CT molecular complexity index is 605. The Balaban J connectivity index is 2.71. The predicted molar refractivity (Wildman–Crippen MR) is 90.6 cm³/mol. The summed E-state index contributed by atoms with van der Waals surface area (Å²) in [4.78, 5) is 23.1. The molecule has 2 amide bonds. The van der Waals surface area contributed by atoms with Gasteiger partial charge in [-0.05, 0) is 53.9 Å². The third kappa shape index (κ3) is 5.90. The summed E-state index contributed by atoms with van der Waals surface area (Å²) >= 11 is 3.20. The van der Waals surface area contributed by atoms with Crippen molar-refractivity contribution < 1.29 is 19.4 Å². The molecule has 0 saturated heterocycles. The van der Waals surface area contributed by atoms with E-state index in [1.54, 1.807) is 26.0 Å². The van der Waals surface area contributed by atoms with E-state index in [1.807, 2.05) is 6.92 Å². The number of halogens is 1. The molecular weight excluding hydrogens is 366 g/mol. The van der Waals surface area contributed by atoms with Crippen LogP contribution in [0.15, 0.2) is 21.7 Å². The molecule has 7 nitrogen and oxygen atoms in total. The van der Waals surface area contributed by atoms with Crippen molar-refractivity contribution in [1.29, 1.82) is 0 Å². The predicted octanol–water partition coefficient (Wildman–Crippen LogP) is 1.92. The first-order valence-corrected chi connectivity index (χ1v) is 7.97. The minimum atomic E-state index is -0.843. The van der Waals surface area contributed by atoms with Crippen molar-refractivity contribution in [3.8, 4) is 11.5 Å². The number of phenols is 1. The third-order valence-electron chi connectivity index (χ3n) is 2.93. The SMILES string of the molecule is CCOc1cc(/C=N\NC(=O)C(=O)N[C@@H](C)CC)cc(Br)c1O. The largest absolute Gasteiger partial charge is 0.503 e. The van der Waals surface area contributed by atoms with E-state index >= 15 is 0 Å². The standard InChI is InChI=1S/C15H20BrN3O4/c1-4-9(3)18-14(21)15(22)19-17-8-10-6-11(16)13(20)12(7-10)23-5-2/h6-9,20H,4-5H2,1-3H3,(H,18,21)(H,19,22)/b17-8-/t9-/m0/s1. The zero-order valence-electron chi connectivity index (χ0n) is 13.2. The first kappa shape index (κ1) is 19.0. The average Bonchev–Trinajstić information content (AvgIpc) is 2.51. The molecule has 1 aromatic rings. The number of rotatable bonds is 6. The van der Waals surface area contributed by atoms with Gasteiger partial charge in [-0.1, -0.05) is 6.92 Å². The molecule has 0 radical (unpaired) electrons. The molecule has 23 heavy (non-hydrogen) atoms. The second kappa shape index (κ2) is 9.14. The Labute approximate surface area is 143 Å². The van der Waals surface area contributed by atoms with E-state index in [0.29, 0.717) is 22.4 Å². The highest BCUT2D eigenvalue weighted by Gasteiger charge is 2.14. The van der Waals surface area contributed by atoms with Gasteiger partial charge in [0.1, 0.15) is 0 Å². The maximum absolute atomic E-state index is 11.6. The fourth-order valence-electron chi connectivity index (χ4n) is 1.54. The number of hydrogen-bond acceptors (Lipinski definition) is 5. The molecule has 0 saturated carbocycles. The van der Waals surface area contributed by atoms with Crippen molar-refractivity contribution in [2.45, 2.75) is 33.2 Å². The lowest BCUT2D eigenvalue weighted by molar-refractivity contribution is -0.139. The van der Waals surface area contributed by atoms with E-state index in [4.69, 9.17) is 4.74 Å². The van der Waals surface area contributed by atoms with Crippen molar-refractivity contribution in [2.24, 2.45) is 5.10 Å². The number of phenolic OH excluding ortho intramolecular Hbond substituents is 1. The molecule has 0 aliphatic heterocycles. The van der Waals surface area contributed by atoms with Gasteiger partial charge in [0.2, 0.25) is 0 Å². The van der Waals surface area contributed by atoms with Crippen molar-refractivity contribution in [3.63, 3.8) is 0 Å². The minimum absolute atomic E-state index is 0.0130. The van der Waals surface area contributed by atoms with Gasteiger partial charge in [-0.2, -0.15) is 5.10 Å². The average molecular weight is 386 g/mol. The topological polar surface area (TPSA) is 100 Å². The second-order valence-corrected chi connectivity index (χ2v) is 5.62. The van der Waals surface area contributed by atoms with Gasteiger partial charge in [-0.25, -0.2) is 5.43 Å². The Morgan fingerprint density at radius 1 is 1.39 bits per heavy atom. The molecule has 0 heterocycles. The van der Waals surface area contributed by atoms with E-state index in [1.165, 1.54) is 6.21 Å². The third-order valence-corrected chi connectivity index (χ3v) is 3.53. The van der Waals surface area contributed by atoms with Crippen LogP contribution >= 0.6 is 15.9 Å². The second-order valence-electron chi connectivity index (χ2n) is 4.76. The zero-order valence-corrected chi connectivity index (χ0v) is 14.8. The molecule has 3 N–H and O–H groups in total. The highest BCUT2D eigenvalue weighted by atomic mass is 79.9. The molecule has 0 aromatic heterocycles. The molecule has 1 rings (SSSR count). The van der Waals surface area contributed by atoms with Gasteiger partial charge in [0.15, 0.2) is 11.5 Å². The zero-order chi connectivity index (χ0) is 17.4. The van der Waals surface area contributed by atoms with Gasteiger partial charge in [0.05, 0.1) is 17.3 Å². The molecule has 0 spiro atoms. The van der Waals surface area contributed by atoms with E-state index in [0.717, 1.165) is 6.42 Å². The number of carbonyl (C=O) groups is 2. The number of nitrogens with zero attached hydrogens (tertiary/aromatic N) is 1. The molecule has 0 aliphatic rings. The normalized spacial score (nSPS) is 12.0. The number of aromatic hydroxyl groups is 1. The maximum atomic E-state index is 11.6. The van der Waals surface area contributed by atoms with Crippen molar-refractivity contribution in [1.82, 2.24) is 10.7 Å². The van der Waals surface area contributed by atoms with E-state index in [9.17, 15) is 14.7 Å². The van der Waals surface area contributed by atoms with Crippen molar-refractivity contribution >= 4 is 34.0 Å². The number of benzene rings is 1. The first-order valence-electron chi connectivity index (χ1n) is 7.18. The molecule has 1 atom stereocenters. The smallest absolute Gasteiger partial charge is 0.329 e. The summed E-state index contributed by atoms with van der Waals surface area (Å²) in [6.07, 6.45) is 2.07. The first-order chi connectivity index (χ1) is 10.9. The van der Waals surface area contributed by atoms with Crippen LogP contribution in [0.2, 0.25) is 0 Å². The molecule has 1 aromatic carbocycles. The van der Waals surface area contributed by atoms with Crippen LogP contribution in [0, 0.1) is 0 Å². The highest BCUT2D eigenvalue weighted by molar-refractivity contribution is 9.10. The molecule has 0 fully saturated rings. The van der Waals surface area contributed by atoms with Crippen LogP contribution in [0.4, 0.5) is 0 Å². The quantitative estimate of drug-likeness (QED) is 0.395. The summed E-state index contributed by atoms with van der Waals surface area (Å²) in [5.74, 6) is -1.30. The number of carbonyl (C=O) groups excluding carboxylic acids is 2. The van der Waals surface area contributed by atoms with Gasteiger partial charge >= 0.3 is 11.8 Å². The van der Waals surface area contributed by atoms with Crippen LogP contribution in [-0.2, 0) is 9.59 Å².